The van der Waals surface area contributed by atoms with Gasteiger partial charge in [-0.15, -0.1) is 0 Å². The molecular formula is C25H33ClF3N3O3. The number of phenolic OH excluding ortho intramolecular Hbond substituents is 1. The van der Waals surface area contributed by atoms with Crippen molar-refractivity contribution < 1.29 is 27.8 Å². The molecule has 0 bridgehead atoms. The van der Waals surface area contributed by atoms with Crippen LogP contribution in [0.3, 0.4) is 0 Å². The summed E-state index contributed by atoms with van der Waals surface area (Å²) in [7, 11) is 0. The molecule has 0 atom stereocenters. The van der Waals surface area contributed by atoms with Crippen LogP contribution in [0.15, 0.2) is 30.3 Å². The summed E-state index contributed by atoms with van der Waals surface area (Å²) < 4.78 is 41.8. The van der Waals surface area contributed by atoms with Gasteiger partial charge in [0, 0.05) is 37.2 Å². The predicted octanol–water partition coefficient (Wildman–Crippen LogP) is 7.09. The van der Waals surface area contributed by atoms with Gasteiger partial charge in [0.15, 0.2) is 5.75 Å². The molecule has 194 valence electrons. The third kappa shape index (κ3) is 10.7. The van der Waals surface area contributed by atoms with Gasteiger partial charge in [-0.2, -0.15) is 13.2 Å². The van der Waals surface area contributed by atoms with Gasteiger partial charge in [0.1, 0.15) is 5.75 Å². The van der Waals surface area contributed by atoms with Gasteiger partial charge in [0.2, 0.25) is 0 Å². The second-order valence-corrected chi connectivity index (χ2v) is 8.89. The lowest BCUT2D eigenvalue weighted by atomic mass is 10.0. The zero-order chi connectivity index (χ0) is 25.8. The Hall–Kier alpha value is -2.65. The molecule has 2 aromatic rings. The standard InChI is InChI=1S/C25H33ClF3N3O3/c1-17(33)35-24-19(16-31-20-10-11-22(32-30)23(34)15-20)13-18(14-21(24)26)9-7-5-3-2-4-6-8-12-25(27,28)29/h10-11,13-15,31-32,34H,2-9,12,16,30H2,1H3. The van der Waals surface area contributed by atoms with E-state index in [1.807, 2.05) is 6.07 Å². The third-order valence-electron chi connectivity index (χ3n) is 5.49. The van der Waals surface area contributed by atoms with Gasteiger partial charge in [-0.3, -0.25) is 10.6 Å². The number of aromatic hydroxyl groups is 1. The first-order valence-electron chi connectivity index (χ1n) is 11.7. The number of esters is 1. The number of ether oxygens (including phenoxy) is 1. The highest BCUT2D eigenvalue weighted by Crippen LogP contribution is 2.33. The van der Waals surface area contributed by atoms with Gasteiger partial charge in [-0.25, -0.2) is 0 Å². The van der Waals surface area contributed by atoms with Crippen LogP contribution in [0.5, 0.6) is 11.5 Å². The van der Waals surface area contributed by atoms with Crippen LogP contribution < -0.4 is 21.3 Å². The van der Waals surface area contributed by atoms with Crippen molar-refractivity contribution in [2.75, 3.05) is 10.7 Å². The van der Waals surface area contributed by atoms with E-state index in [-0.39, 0.29) is 12.2 Å². The van der Waals surface area contributed by atoms with E-state index in [9.17, 15) is 23.1 Å². The number of unbranched alkanes of at least 4 members (excludes halogenated alkanes) is 6. The molecule has 0 saturated carbocycles. The molecule has 0 radical (unpaired) electrons. The van der Waals surface area contributed by atoms with Crippen LogP contribution in [0.2, 0.25) is 5.02 Å². The molecule has 0 unspecified atom stereocenters. The molecule has 10 heteroatoms. The average Bonchev–Trinajstić information content (AvgIpc) is 2.77. The Labute approximate surface area is 209 Å². The van der Waals surface area contributed by atoms with E-state index in [0.29, 0.717) is 40.7 Å². The van der Waals surface area contributed by atoms with E-state index in [0.717, 1.165) is 44.1 Å². The molecule has 35 heavy (non-hydrogen) atoms. The lowest BCUT2D eigenvalue weighted by Crippen LogP contribution is -2.09. The number of nitrogens with two attached hydrogens (primary N) is 1. The van der Waals surface area contributed by atoms with Crippen LogP contribution in [0, 0.1) is 0 Å². The van der Waals surface area contributed by atoms with E-state index < -0.39 is 18.6 Å². The van der Waals surface area contributed by atoms with Crippen molar-refractivity contribution in [1.29, 1.82) is 0 Å². The summed E-state index contributed by atoms with van der Waals surface area (Å²) in [6, 6.07) is 8.62. The number of aryl methyl sites for hydroxylation is 1. The SMILES string of the molecule is CC(=O)Oc1c(Cl)cc(CCCCCCCCCC(F)(F)F)cc1CNc1ccc(NN)c(O)c1. The third-order valence-corrected chi connectivity index (χ3v) is 5.77. The molecular weight excluding hydrogens is 483 g/mol. The molecule has 0 spiro atoms. The van der Waals surface area contributed by atoms with Crippen LogP contribution in [0.4, 0.5) is 24.5 Å². The quantitative estimate of drug-likeness (QED) is 0.0535. The van der Waals surface area contributed by atoms with Crippen LogP contribution in [0.25, 0.3) is 0 Å². The Kier molecular flexibility index (Phi) is 11.5. The van der Waals surface area contributed by atoms with Crippen molar-refractivity contribution in [3.63, 3.8) is 0 Å². The van der Waals surface area contributed by atoms with Gasteiger partial charge in [0.05, 0.1) is 10.7 Å². The van der Waals surface area contributed by atoms with Gasteiger partial charge in [-0.1, -0.05) is 49.8 Å². The van der Waals surface area contributed by atoms with E-state index >= 15 is 0 Å². The number of nitrogens with one attached hydrogen (secondary N) is 2. The first-order valence-corrected chi connectivity index (χ1v) is 12.1. The number of benzene rings is 2. The minimum absolute atomic E-state index is 0.00940. The second-order valence-electron chi connectivity index (χ2n) is 8.48. The van der Waals surface area contributed by atoms with E-state index in [2.05, 4.69) is 10.7 Å². The summed E-state index contributed by atoms with van der Waals surface area (Å²) in [4.78, 5) is 11.6. The lowest BCUT2D eigenvalue weighted by molar-refractivity contribution is -0.135. The maximum absolute atomic E-state index is 12.2. The number of hydrazine groups is 1. The molecule has 0 aliphatic heterocycles. The molecule has 0 fully saturated rings. The number of phenols is 1. The largest absolute Gasteiger partial charge is 0.506 e. The van der Waals surface area contributed by atoms with Gasteiger partial charge < -0.3 is 20.6 Å². The Balaban J connectivity index is 1.90. The molecule has 0 aromatic heterocycles. The van der Waals surface area contributed by atoms with Crippen molar-refractivity contribution >= 4 is 28.9 Å². The molecule has 2 rings (SSSR count). The molecule has 5 N–H and O–H groups in total. The molecule has 0 amide bonds. The highest BCUT2D eigenvalue weighted by Gasteiger charge is 2.25. The van der Waals surface area contributed by atoms with Crippen LogP contribution in [0.1, 0.15) is 69.4 Å². The van der Waals surface area contributed by atoms with Crippen molar-refractivity contribution in [3.05, 3.63) is 46.5 Å². The van der Waals surface area contributed by atoms with E-state index in [1.165, 1.54) is 13.0 Å². The molecule has 0 aliphatic carbocycles. The van der Waals surface area contributed by atoms with Crippen LogP contribution >= 0.6 is 11.6 Å². The highest BCUT2D eigenvalue weighted by molar-refractivity contribution is 6.32. The Morgan fingerprint density at radius 3 is 2.31 bits per heavy atom. The van der Waals surface area contributed by atoms with E-state index in [1.54, 1.807) is 18.2 Å². The summed E-state index contributed by atoms with van der Waals surface area (Å²) in [6.07, 6.45) is 1.40. The number of nitrogen functional groups attached to an aromatic ring is 1. The molecule has 6 nitrogen and oxygen atoms in total. The zero-order valence-electron chi connectivity index (χ0n) is 19.8. The van der Waals surface area contributed by atoms with Crippen molar-refractivity contribution in [3.8, 4) is 11.5 Å². The number of alkyl halides is 3. The Morgan fingerprint density at radius 1 is 1.06 bits per heavy atom. The lowest BCUT2D eigenvalue weighted by Gasteiger charge is -2.15. The highest BCUT2D eigenvalue weighted by atomic mass is 35.5. The topological polar surface area (TPSA) is 96.6 Å². The number of halogens is 4. The zero-order valence-corrected chi connectivity index (χ0v) is 20.6. The number of carbonyl (C=O) groups is 1. The van der Waals surface area contributed by atoms with Crippen molar-refractivity contribution in [2.24, 2.45) is 5.84 Å². The Bertz CT molecular complexity index is 971. The maximum atomic E-state index is 12.2. The molecule has 0 aliphatic rings. The summed E-state index contributed by atoms with van der Waals surface area (Å²) in [5, 5.41) is 13.5. The number of carbonyl (C=O) groups excluding carboxylic acids is 1. The van der Waals surface area contributed by atoms with Crippen molar-refractivity contribution in [1.82, 2.24) is 0 Å². The summed E-state index contributed by atoms with van der Waals surface area (Å²) in [6.45, 7) is 1.62. The minimum atomic E-state index is -4.06. The fourth-order valence-corrected chi connectivity index (χ4v) is 4.05. The molecule has 0 saturated heterocycles. The monoisotopic (exact) mass is 515 g/mol. The normalized spacial score (nSPS) is 11.4. The van der Waals surface area contributed by atoms with Crippen LogP contribution in [-0.2, 0) is 17.8 Å². The molecule has 0 heterocycles. The summed E-state index contributed by atoms with van der Waals surface area (Å²) in [5.41, 5.74) is 5.13. The fourth-order valence-electron chi connectivity index (χ4n) is 3.75. The van der Waals surface area contributed by atoms with Gasteiger partial charge >= 0.3 is 12.1 Å². The number of hydrogen-bond acceptors (Lipinski definition) is 6. The molecule has 2 aromatic carbocycles. The van der Waals surface area contributed by atoms with Gasteiger partial charge in [0.25, 0.3) is 0 Å². The number of rotatable bonds is 14. The number of anilines is 2. The average molecular weight is 516 g/mol. The maximum Gasteiger partial charge on any atom is 0.389 e. The van der Waals surface area contributed by atoms with Gasteiger partial charge in [-0.05, 0) is 43.0 Å². The second kappa shape index (κ2) is 14.0. The van der Waals surface area contributed by atoms with E-state index in [4.69, 9.17) is 22.2 Å². The smallest absolute Gasteiger partial charge is 0.389 e. The fraction of sp³-hybridized carbons (Fsp3) is 0.480. The summed E-state index contributed by atoms with van der Waals surface area (Å²) >= 11 is 6.42. The first-order chi connectivity index (χ1) is 16.6. The number of hydrogen-bond donors (Lipinski definition) is 4. The predicted molar refractivity (Wildman–Crippen MR) is 133 cm³/mol. The van der Waals surface area contributed by atoms with Crippen molar-refractivity contribution in [2.45, 2.75) is 77.4 Å². The Morgan fingerprint density at radius 2 is 1.71 bits per heavy atom. The summed E-state index contributed by atoms with van der Waals surface area (Å²) in [5.74, 6) is 5.14. The first kappa shape index (κ1) is 28.6. The van der Waals surface area contributed by atoms with Crippen LogP contribution in [-0.4, -0.2) is 17.3 Å². The minimum Gasteiger partial charge on any atom is -0.506 e.